The number of carbonyl (C=O) groups is 2. The predicted octanol–water partition coefficient (Wildman–Crippen LogP) is 0.906. The number of rotatable bonds is 4. The van der Waals surface area contributed by atoms with E-state index in [2.05, 4.69) is 0 Å². The SMILES string of the molecule is CC1(CC(=O)O)CN(CC(=O)O)c2cccc(N)c21. The van der Waals surface area contributed by atoms with Crippen LogP contribution in [0.2, 0.25) is 0 Å². The lowest BCUT2D eigenvalue weighted by Gasteiger charge is -2.24. The van der Waals surface area contributed by atoms with Gasteiger partial charge in [-0.2, -0.15) is 0 Å². The second kappa shape index (κ2) is 4.46. The first-order valence-electron chi connectivity index (χ1n) is 5.91. The maximum absolute atomic E-state index is 11.0. The Kier molecular flexibility index (Phi) is 3.09. The molecule has 4 N–H and O–H groups in total. The van der Waals surface area contributed by atoms with Crippen molar-refractivity contribution in [1.82, 2.24) is 0 Å². The number of nitrogens with zero attached hydrogens (tertiary/aromatic N) is 1. The van der Waals surface area contributed by atoms with Crippen molar-refractivity contribution in [2.24, 2.45) is 0 Å². The van der Waals surface area contributed by atoms with Gasteiger partial charge < -0.3 is 20.8 Å². The van der Waals surface area contributed by atoms with Crippen LogP contribution in [0.4, 0.5) is 11.4 Å². The standard InChI is InChI=1S/C13H16N2O4/c1-13(5-10(16)17)7-15(6-11(18)19)9-4-2-3-8(14)12(9)13/h2-4H,5-7,14H2,1H3,(H,16,17)(H,18,19). The third-order valence-electron chi connectivity index (χ3n) is 3.43. The molecule has 0 radical (unpaired) electrons. The van der Waals surface area contributed by atoms with E-state index in [0.717, 1.165) is 5.56 Å². The minimum atomic E-state index is -0.951. The molecule has 2 rings (SSSR count). The van der Waals surface area contributed by atoms with Gasteiger partial charge in [0.15, 0.2) is 0 Å². The van der Waals surface area contributed by atoms with Crippen LogP contribution >= 0.6 is 0 Å². The molecule has 0 saturated heterocycles. The molecule has 6 heteroatoms. The number of carboxylic acids is 2. The molecule has 0 amide bonds. The van der Waals surface area contributed by atoms with Crippen LogP contribution in [0.15, 0.2) is 18.2 Å². The minimum Gasteiger partial charge on any atom is -0.481 e. The number of nitrogens with two attached hydrogens (primary N) is 1. The first-order chi connectivity index (χ1) is 8.83. The molecule has 1 aromatic rings. The molecule has 0 fully saturated rings. The molecule has 1 aliphatic rings. The highest BCUT2D eigenvalue weighted by Gasteiger charge is 2.42. The normalized spacial score (nSPS) is 21.2. The van der Waals surface area contributed by atoms with E-state index in [4.69, 9.17) is 15.9 Å². The summed E-state index contributed by atoms with van der Waals surface area (Å²) in [6.07, 6.45) is -0.0790. The lowest BCUT2D eigenvalue weighted by Crippen LogP contribution is -2.35. The second-order valence-electron chi connectivity index (χ2n) is 5.12. The molecule has 102 valence electrons. The molecule has 0 bridgehead atoms. The summed E-state index contributed by atoms with van der Waals surface area (Å²) in [5.41, 5.74) is 7.24. The summed E-state index contributed by atoms with van der Waals surface area (Å²) in [5.74, 6) is -1.87. The highest BCUT2D eigenvalue weighted by atomic mass is 16.4. The lowest BCUT2D eigenvalue weighted by molar-refractivity contribution is -0.138. The number of carboxylic acid groups (broad SMARTS) is 2. The van der Waals surface area contributed by atoms with Gasteiger partial charge in [0, 0.05) is 28.9 Å². The Morgan fingerprint density at radius 2 is 2.05 bits per heavy atom. The van der Waals surface area contributed by atoms with Gasteiger partial charge in [0.2, 0.25) is 0 Å². The van der Waals surface area contributed by atoms with Gasteiger partial charge >= 0.3 is 11.9 Å². The largest absolute Gasteiger partial charge is 0.481 e. The Hall–Kier alpha value is -2.24. The van der Waals surface area contributed by atoms with Crippen molar-refractivity contribution in [2.45, 2.75) is 18.8 Å². The number of benzene rings is 1. The Labute approximate surface area is 110 Å². The molecule has 1 heterocycles. The molecule has 0 aromatic heterocycles. The van der Waals surface area contributed by atoms with Gasteiger partial charge in [-0.05, 0) is 12.1 Å². The highest BCUT2D eigenvalue weighted by Crippen LogP contribution is 2.45. The van der Waals surface area contributed by atoms with Crippen LogP contribution in [0.5, 0.6) is 0 Å². The molecule has 1 aromatic carbocycles. The van der Waals surface area contributed by atoms with Gasteiger partial charge in [-0.1, -0.05) is 13.0 Å². The average molecular weight is 264 g/mol. The Balaban J connectivity index is 2.47. The molecular formula is C13H16N2O4. The Bertz CT molecular complexity index is 543. The molecule has 6 nitrogen and oxygen atoms in total. The van der Waals surface area contributed by atoms with Gasteiger partial charge in [0.05, 0.1) is 6.42 Å². The van der Waals surface area contributed by atoms with Crippen LogP contribution < -0.4 is 10.6 Å². The molecular weight excluding hydrogens is 248 g/mol. The van der Waals surface area contributed by atoms with Crippen LogP contribution in [0, 0.1) is 0 Å². The molecule has 1 aliphatic heterocycles. The van der Waals surface area contributed by atoms with Gasteiger partial charge in [-0.3, -0.25) is 9.59 Å². The van der Waals surface area contributed by atoms with E-state index in [1.165, 1.54) is 0 Å². The van der Waals surface area contributed by atoms with Crippen molar-refractivity contribution >= 4 is 23.3 Å². The summed E-state index contributed by atoms with van der Waals surface area (Å²) in [6.45, 7) is 1.99. The fourth-order valence-corrected chi connectivity index (χ4v) is 2.85. The van der Waals surface area contributed by atoms with Crippen molar-refractivity contribution in [3.63, 3.8) is 0 Å². The van der Waals surface area contributed by atoms with Crippen molar-refractivity contribution < 1.29 is 19.8 Å². The monoisotopic (exact) mass is 264 g/mol. The molecule has 0 aliphatic carbocycles. The smallest absolute Gasteiger partial charge is 0.323 e. The minimum absolute atomic E-state index is 0.0790. The number of hydrogen-bond donors (Lipinski definition) is 3. The Morgan fingerprint density at radius 3 is 2.63 bits per heavy atom. The molecule has 0 spiro atoms. The van der Waals surface area contributed by atoms with Gasteiger partial charge in [-0.15, -0.1) is 0 Å². The van der Waals surface area contributed by atoms with Crippen LogP contribution in [0.25, 0.3) is 0 Å². The zero-order valence-electron chi connectivity index (χ0n) is 10.6. The first kappa shape index (κ1) is 13.2. The summed E-state index contributed by atoms with van der Waals surface area (Å²) in [5, 5.41) is 18.0. The van der Waals surface area contributed by atoms with Crippen LogP contribution in [-0.4, -0.2) is 35.2 Å². The van der Waals surface area contributed by atoms with E-state index in [1.807, 2.05) is 0 Å². The second-order valence-corrected chi connectivity index (χ2v) is 5.12. The Morgan fingerprint density at radius 1 is 1.37 bits per heavy atom. The van der Waals surface area contributed by atoms with Gasteiger partial charge in [0.25, 0.3) is 0 Å². The molecule has 1 atom stereocenters. The van der Waals surface area contributed by atoms with Crippen molar-refractivity contribution in [1.29, 1.82) is 0 Å². The summed E-state index contributed by atoms with van der Waals surface area (Å²) < 4.78 is 0. The van der Waals surface area contributed by atoms with Crippen LogP contribution in [0.3, 0.4) is 0 Å². The summed E-state index contributed by atoms with van der Waals surface area (Å²) in [7, 11) is 0. The number of hydrogen-bond acceptors (Lipinski definition) is 4. The van der Waals surface area contributed by atoms with Gasteiger partial charge in [0.1, 0.15) is 6.54 Å². The quantitative estimate of drug-likeness (QED) is 0.698. The van der Waals surface area contributed by atoms with Crippen molar-refractivity contribution in [2.75, 3.05) is 23.7 Å². The van der Waals surface area contributed by atoms with Crippen molar-refractivity contribution in [3.8, 4) is 0 Å². The highest BCUT2D eigenvalue weighted by molar-refractivity contribution is 5.81. The zero-order chi connectivity index (χ0) is 14.2. The molecule has 19 heavy (non-hydrogen) atoms. The molecule has 0 saturated carbocycles. The van der Waals surface area contributed by atoms with E-state index >= 15 is 0 Å². The van der Waals surface area contributed by atoms with E-state index < -0.39 is 17.4 Å². The predicted molar refractivity (Wildman–Crippen MR) is 70.3 cm³/mol. The van der Waals surface area contributed by atoms with Crippen molar-refractivity contribution in [3.05, 3.63) is 23.8 Å². The number of fused-ring (bicyclic) bond motifs is 1. The summed E-state index contributed by atoms with van der Waals surface area (Å²) in [6, 6.07) is 5.24. The summed E-state index contributed by atoms with van der Waals surface area (Å²) >= 11 is 0. The fraction of sp³-hybridized carbons (Fsp3) is 0.385. The summed E-state index contributed by atoms with van der Waals surface area (Å²) in [4.78, 5) is 23.6. The topological polar surface area (TPSA) is 104 Å². The lowest BCUT2D eigenvalue weighted by atomic mass is 9.80. The van der Waals surface area contributed by atoms with Crippen LogP contribution in [0.1, 0.15) is 18.9 Å². The number of nitrogen functional groups attached to an aromatic ring is 1. The first-order valence-corrected chi connectivity index (χ1v) is 5.91. The third-order valence-corrected chi connectivity index (χ3v) is 3.43. The maximum atomic E-state index is 11.0. The molecule has 1 unspecified atom stereocenters. The van der Waals surface area contributed by atoms with E-state index in [0.29, 0.717) is 17.9 Å². The van der Waals surface area contributed by atoms with Gasteiger partial charge in [-0.25, -0.2) is 0 Å². The van der Waals surface area contributed by atoms with E-state index in [9.17, 15) is 9.59 Å². The van der Waals surface area contributed by atoms with Crippen LogP contribution in [-0.2, 0) is 15.0 Å². The fourth-order valence-electron chi connectivity index (χ4n) is 2.85. The van der Waals surface area contributed by atoms with E-state index in [-0.39, 0.29) is 13.0 Å². The number of aliphatic carboxylic acids is 2. The third kappa shape index (κ3) is 2.33. The van der Waals surface area contributed by atoms with E-state index in [1.54, 1.807) is 30.0 Å². The maximum Gasteiger partial charge on any atom is 0.323 e. The average Bonchev–Trinajstić information content (AvgIpc) is 2.51. The number of anilines is 2. The zero-order valence-corrected chi connectivity index (χ0v) is 10.6.